The molecule has 2 bridgehead atoms. The molecule has 3 aliphatic heterocycles. The second-order valence-corrected chi connectivity index (χ2v) is 7.10. The summed E-state index contributed by atoms with van der Waals surface area (Å²) in [7, 11) is 1.53. The van der Waals surface area contributed by atoms with Gasteiger partial charge in [-0.2, -0.15) is 0 Å². The van der Waals surface area contributed by atoms with Gasteiger partial charge in [-0.15, -0.1) is 6.42 Å². The van der Waals surface area contributed by atoms with E-state index in [4.69, 9.17) is 30.1 Å². The predicted molar refractivity (Wildman–Crippen MR) is 77.9 cm³/mol. The normalized spacial score (nSPS) is 53.1. The quantitative estimate of drug-likeness (QED) is 0.254. The van der Waals surface area contributed by atoms with E-state index in [1.165, 1.54) is 7.11 Å². The van der Waals surface area contributed by atoms with E-state index in [0.717, 1.165) is 0 Å². The second kappa shape index (κ2) is 4.37. The number of methoxy groups -OCH3 is 1. The van der Waals surface area contributed by atoms with Crippen LogP contribution in [-0.2, 0) is 28.5 Å². The van der Waals surface area contributed by atoms with Crippen LogP contribution in [0.3, 0.4) is 0 Å². The molecular weight excluding hydrogens is 300 g/mol. The third-order valence-corrected chi connectivity index (χ3v) is 6.07. The van der Waals surface area contributed by atoms with Gasteiger partial charge in [-0.1, -0.05) is 19.4 Å². The van der Waals surface area contributed by atoms with Crippen molar-refractivity contribution >= 4 is 5.97 Å². The molecule has 0 radical (unpaired) electrons. The van der Waals surface area contributed by atoms with Crippen LogP contribution in [0.5, 0.6) is 0 Å². The fourth-order valence-corrected chi connectivity index (χ4v) is 4.69. The summed E-state index contributed by atoms with van der Waals surface area (Å²) in [5.41, 5.74) is -1.83. The largest absolute Gasteiger partial charge is 0.429 e. The molecule has 0 amide bonds. The first kappa shape index (κ1) is 15.2. The number of carbonyl (C=O) groups is 1. The third kappa shape index (κ3) is 1.56. The topological polar surface area (TPSA) is 66.5 Å². The molecule has 7 atom stereocenters. The minimum atomic E-state index is -1.02. The number of rotatable bonds is 3. The van der Waals surface area contributed by atoms with E-state index in [2.05, 4.69) is 12.5 Å². The zero-order valence-electron chi connectivity index (χ0n) is 13.5. The van der Waals surface area contributed by atoms with Crippen LogP contribution in [0.25, 0.3) is 0 Å². The Kier molecular flexibility index (Phi) is 2.88. The average Bonchev–Trinajstić information content (AvgIpc) is 3.07. The van der Waals surface area contributed by atoms with Crippen molar-refractivity contribution in [3.05, 3.63) is 12.2 Å². The van der Waals surface area contributed by atoms with Crippen LogP contribution in [0.15, 0.2) is 12.2 Å². The van der Waals surface area contributed by atoms with E-state index >= 15 is 0 Å². The third-order valence-electron chi connectivity index (χ3n) is 6.07. The molecule has 1 saturated carbocycles. The fourth-order valence-electron chi connectivity index (χ4n) is 4.69. The summed E-state index contributed by atoms with van der Waals surface area (Å²) < 4.78 is 28.3. The van der Waals surface area contributed by atoms with Gasteiger partial charge in [-0.05, 0) is 13.3 Å². The monoisotopic (exact) mass is 320 g/mol. The summed E-state index contributed by atoms with van der Waals surface area (Å²) in [5, 5.41) is 0. The summed E-state index contributed by atoms with van der Waals surface area (Å²) in [6.07, 6.45) is 5.05. The van der Waals surface area contributed by atoms with Crippen LogP contribution in [0.4, 0.5) is 0 Å². The molecule has 4 fully saturated rings. The number of hydrogen-bond donors (Lipinski definition) is 0. The number of epoxide rings is 1. The standard InChI is InChI=1S/C17H20O6/c1-6-17-12-11(20-8-19-5)14(23-17)21-13(18)9(2)15(12,3)7-10-16(17,4)22-10/h1,10-12,14H,2,7-8H2,3-5H3. The molecular formula is C17H20O6. The van der Waals surface area contributed by atoms with Gasteiger partial charge in [0.1, 0.15) is 18.5 Å². The van der Waals surface area contributed by atoms with Crippen molar-refractivity contribution in [1.82, 2.24) is 0 Å². The molecule has 0 aromatic heterocycles. The average molecular weight is 320 g/mol. The molecule has 23 heavy (non-hydrogen) atoms. The van der Waals surface area contributed by atoms with Gasteiger partial charge in [0.25, 0.3) is 0 Å². The van der Waals surface area contributed by atoms with Crippen LogP contribution in [0, 0.1) is 23.7 Å². The van der Waals surface area contributed by atoms with E-state index < -0.39 is 35.0 Å². The predicted octanol–water partition coefficient (Wildman–Crippen LogP) is 1.00. The molecule has 1 aliphatic carbocycles. The van der Waals surface area contributed by atoms with Gasteiger partial charge in [0.15, 0.2) is 5.60 Å². The Morgan fingerprint density at radius 2 is 2.17 bits per heavy atom. The van der Waals surface area contributed by atoms with Gasteiger partial charge < -0.3 is 23.7 Å². The Morgan fingerprint density at radius 3 is 2.83 bits per heavy atom. The van der Waals surface area contributed by atoms with E-state index in [1.807, 2.05) is 13.8 Å². The Bertz CT molecular complexity index is 637. The number of hydrogen-bond acceptors (Lipinski definition) is 6. The lowest BCUT2D eigenvalue weighted by molar-refractivity contribution is -0.209. The van der Waals surface area contributed by atoms with E-state index in [0.29, 0.717) is 12.0 Å². The van der Waals surface area contributed by atoms with Crippen LogP contribution in [0.1, 0.15) is 20.3 Å². The molecule has 3 saturated heterocycles. The summed E-state index contributed by atoms with van der Waals surface area (Å²) in [6.45, 7) is 7.96. The van der Waals surface area contributed by atoms with Crippen LogP contribution in [-0.4, -0.2) is 49.6 Å². The highest BCUT2D eigenvalue weighted by atomic mass is 16.8. The highest BCUT2D eigenvalue weighted by molar-refractivity contribution is 5.90. The number of esters is 1. The van der Waals surface area contributed by atoms with E-state index in [1.54, 1.807) is 0 Å². The lowest BCUT2D eigenvalue weighted by Gasteiger charge is -2.48. The lowest BCUT2D eigenvalue weighted by atomic mass is 9.54. The van der Waals surface area contributed by atoms with Crippen molar-refractivity contribution in [3.8, 4) is 12.3 Å². The molecule has 4 aliphatic rings. The highest BCUT2D eigenvalue weighted by Crippen LogP contribution is 2.69. The van der Waals surface area contributed by atoms with Crippen molar-refractivity contribution in [2.24, 2.45) is 11.3 Å². The fraction of sp³-hybridized carbons (Fsp3) is 0.706. The second-order valence-electron chi connectivity index (χ2n) is 7.10. The molecule has 3 heterocycles. The molecule has 0 aromatic carbocycles. The lowest BCUT2D eigenvalue weighted by Crippen LogP contribution is -2.60. The number of fused-ring (bicyclic) bond motifs is 3. The minimum absolute atomic E-state index is 0.0583. The first-order valence-corrected chi connectivity index (χ1v) is 7.68. The molecule has 7 unspecified atom stereocenters. The summed E-state index contributed by atoms with van der Waals surface area (Å²) >= 11 is 0. The zero-order valence-corrected chi connectivity index (χ0v) is 13.5. The van der Waals surface area contributed by atoms with Gasteiger partial charge in [0.05, 0.1) is 6.10 Å². The Labute approximate surface area is 135 Å². The summed E-state index contributed by atoms with van der Waals surface area (Å²) in [4.78, 5) is 12.3. The maximum Gasteiger partial charge on any atom is 0.336 e. The molecule has 6 heteroatoms. The van der Waals surface area contributed by atoms with Gasteiger partial charge in [0, 0.05) is 24.0 Å². The van der Waals surface area contributed by atoms with Crippen molar-refractivity contribution in [2.45, 2.75) is 50.0 Å². The number of ether oxygens (including phenoxy) is 5. The molecule has 4 rings (SSSR count). The molecule has 0 aromatic rings. The summed E-state index contributed by atoms with van der Waals surface area (Å²) in [6, 6.07) is 0. The number of carbonyl (C=O) groups excluding carboxylic acids is 1. The maximum absolute atomic E-state index is 12.3. The first-order valence-electron chi connectivity index (χ1n) is 7.68. The Balaban J connectivity index is 1.88. The van der Waals surface area contributed by atoms with Crippen molar-refractivity contribution in [2.75, 3.05) is 13.9 Å². The van der Waals surface area contributed by atoms with E-state index in [-0.39, 0.29) is 18.8 Å². The SMILES string of the molecule is C#CC12OC3OC(=O)C(=C)C(C)(CC4OC41C)C2C3OCOC. The zero-order chi connectivity index (χ0) is 16.6. The number of terminal acetylenes is 1. The van der Waals surface area contributed by atoms with Crippen LogP contribution >= 0.6 is 0 Å². The minimum Gasteiger partial charge on any atom is -0.429 e. The maximum atomic E-state index is 12.3. The Morgan fingerprint density at radius 1 is 1.43 bits per heavy atom. The molecule has 0 N–H and O–H groups in total. The van der Waals surface area contributed by atoms with Crippen LogP contribution in [0.2, 0.25) is 0 Å². The molecule has 0 spiro atoms. The van der Waals surface area contributed by atoms with Crippen molar-refractivity contribution in [3.63, 3.8) is 0 Å². The van der Waals surface area contributed by atoms with Crippen molar-refractivity contribution in [1.29, 1.82) is 0 Å². The summed E-state index contributed by atoms with van der Waals surface area (Å²) in [5.74, 6) is 2.03. The Hall–Kier alpha value is -1.39. The highest BCUT2D eigenvalue weighted by Gasteiger charge is 2.82. The van der Waals surface area contributed by atoms with Gasteiger partial charge in [-0.3, -0.25) is 0 Å². The van der Waals surface area contributed by atoms with Gasteiger partial charge in [0.2, 0.25) is 6.29 Å². The van der Waals surface area contributed by atoms with Gasteiger partial charge >= 0.3 is 5.97 Å². The van der Waals surface area contributed by atoms with Crippen LogP contribution < -0.4 is 0 Å². The van der Waals surface area contributed by atoms with Crippen molar-refractivity contribution < 1.29 is 28.5 Å². The van der Waals surface area contributed by atoms with Gasteiger partial charge in [-0.25, -0.2) is 4.79 Å². The molecule has 6 nitrogen and oxygen atoms in total. The first-order chi connectivity index (χ1) is 10.8. The van der Waals surface area contributed by atoms with E-state index in [9.17, 15) is 4.79 Å². The molecule has 124 valence electrons. The smallest absolute Gasteiger partial charge is 0.336 e.